The first-order valence-electron chi connectivity index (χ1n) is 34.7. The highest BCUT2D eigenvalue weighted by molar-refractivity contribution is 5.71. The van der Waals surface area contributed by atoms with Crippen LogP contribution in [0.25, 0.3) is 0 Å². The van der Waals surface area contributed by atoms with Crippen LogP contribution in [0, 0.1) is 0 Å². The van der Waals surface area contributed by atoms with Crippen molar-refractivity contribution in [3.63, 3.8) is 0 Å². The predicted octanol–water partition coefficient (Wildman–Crippen LogP) is 24.0. The number of unbranched alkanes of at least 4 members (excludes halogenated alkanes) is 36. The molecule has 0 rings (SSSR count). The largest absolute Gasteiger partial charge is 0.462 e. The van der Waals surface area contributed by atoms with Crippen LogP contribution in [0.1, 0.15) is 342 Å². The standard InChI is InChI=1S/C75H130O6/c1-4-7-10-13-16-19-22-25-28-30-32-34-36-37-39-40-42-44-47-50-53-56-59-62-65-68-74(77)80-71-72(70-79-73(76)67-64-61-58-55-52-49-46-27-24-21-18-15-12-9-6-3)81-75(78)69-66-63-60-57-54-51-48-45-43-41-38-35-33-31-29-26-23-20-17-14-11-8-5-2/h9,12,18,21-22,25,27,30-33,36-37,46,52,55,72H,4-8,10-11,13-17,19-20,23-24,26,28-29,34-35,38-45,47-51,53-54,56-71H2,1-3H3/b12-9-,21-18-,25-22-,32-30-,33-31-,37-36-,46-27-,55-52-. The van der Waals surface area contributed by atoms with Gasteiger partial charge in [-0.25, -0.2) is 0 Å². The zero-order chi connectivity index (χ0) is 58.5. The number of hydrogen-bond donors (Lipinski definition) is 0. The molecule has 81 heavy (non-hydrogen) atoms. The highest BCUT2D eigenvalue weighted by Crippen LogP contribution is 2.17. The molecule has 0 aliphatic rings. The Morgan fingerprint density at radius 1 is 0.259 bits per heavy atom. The number of allylic oxidation sites excluding steroid dienone is 16. The molecule has 0 aromatic carbocycles. The smallest absolute Gasteiger partial charge is 0.306 e. The third kappa shape index (κ3) is 67.0. The third-order valence-electron chi connectivity index (χ3n) is 15.0. The predicted molar refractivity (Wildman–Crippen MR) is 353 cm³/mol. The van der Waals surface area contributed by atoms with Gasteiger partial charge in [-0.3, -0.25) is 14.4 Å². The molecule has 0 saturated heterocycles. The van der Waals surface area contributed by atoms with Crippen LogP contribution >= 0.6 is 0 Å². The maximum absolute atomic E-state index is 13.0. The van der Waals surface area contributed by atoms with Gasteiger partial charge >= 0.3 is 17.9 Å². The van der Waals surface area contributed by atoms with E-state index in [1.54, 1.807) is 0 Å². The molecule has 0 saturated carbocycles. The van der Waals surface area contributed by atoms with E-state index in [0.717, 1.165) is 96.3 Å². The first-order chi connectivity index (χ1) is 40.0. The maximum Gasteiger partial charge on any atom is 0.306 e. The summed E-state index contributed by atoms with van der Waals surface area (Å²) in [6, 6.07) is 0. The molecule has 0 aliphatic heterocycles. The monoisotopic (exact) mass is 1130 g/mol. The second-order valence-electron chi connectivity index (χ2n) is 23.1. The minimum absolute atomic E-state index is 0.0921. The average molecular weight is 1130 g/mol. The summed E-state index contributed by atoms with van der Waals surface area (Å²) >= 11 is 0. The van der Waals surface area contributed by atoms with Crippen molar-refractivity contribution in [1.29, 1.82) is 0 Å². The summed E-state index contributed by atoms with van der Waals surface area (Å²) in [5, 5.41) is 0. The minimum Gasteiger partial charge on any atom is -0.462 e. The number of hydrogen-bond acceptors (Lipinski definition) is 6. The van der Waals surface area contributed by atoms with Crippen molar-refractivity contribution in [2.24, 2.45) is 0 Å². The highest BCUT2D eigenvalue weighted by atomic mass is 16.6. The molecule has 1 unspecified atom stereocenters. The molecular formula is C75H130O6. The number of esters is 3. The Bertz CT molecular complexity index is 1580. The summed E-state index contributed by atoms with van der Waals surface area (Å²) in [6.07, 6.45) is 92.9. The summed E-state index contributed by atoms with van der Waals surface area (Å²) in [5.74, 6) is -0.926. The van der Waals surface area contributed by atoms with Crippen molar-refractivity contribution in [3.8, 4) is 0 Å². The molecular weight excluding hydrogens is 997 g/mol. The van der Waals surface area contributed by atoms with Gasteiger partial charge < -0.3 is 14.2 Å². The Balaban J connectivity index is 4.36. The van der Waals surface area contributed by atoms with Gasteiger partial charge in [0.05, 0.1) is 0 Å². The van der Waals surface area contributed by atoms with Crippen LogP contribution in [-0.2, 0) is 28.6 Å². The lowest BCUT2D eigenvalue weighted by Gasteiger charge is -2.18. The van der Waals surface area contributed by atoms with Gasteiger partial charge in [-0.05, 0) is 122 Å². The van der Waals surface area contributed by atoms with Crippen LogP contribution in [0.4, 0.5) is 0 Å². The molecule has 0 aromatic heterocycles. The lowest BCUT2D eigenvalue weighted by molar-refractivity contribution is -0.167. The number of ether oxygens (including phenoxy) is 3. The summed E-state index contributed by atoms with van der Waals surface area (Å²) in [7, 11) is 0. The molecule has 0 radical (unpaired) electrons. The molecule has 0 amide bonds. The van der Waals surface area contributed by atoms with Crippen LogP contribution in [0.15, 0.2) is 97.2 Å². The van der Waals surface area contributed by atoms with Crippen LogP contribution in [0.5, 0.6) is 0 Å². The van der Waals surface area contributed by atoms with Crippen molar-refractivity contribution in [2.45, 2.75) is 348 Å². The molecule has 0 fully saturated rings. The van der Waals surface area contributed by atoms with Crippen molar-refractivity contribution < 1.29 is 28.6 Å². The fourth-order valence-corrected chi connectivity index (χ4v) is 9.85. The normalized spacial score (nSPS) is 12.7. The van der Waals surface area contributed by atoms with Gasteiger partial charge in [-0.2, -0.15) is 0 Å². The van der Waals surface area contributed by atoms with Crippen LogP contribution < -0.4 is 0 Å². The minimum atomic E-state index is -0.799. The van der Waals surface area contributed by atoms with Gasteiger partial charge in [0, 0.05) is 19.3 Å². The molecule has 0 heterocycles. The third-order valence-corrected chi connectivity index (χ3v) is 15.0. The van der Waals surface area contributed by atoms with Crippen molar-refractivity contribution >= 4 is 17.9 Å². The molecule has 6 heteroatoms. The quantitative estimate of drug-likeness (QED) is 0.0261. The van der Waals surface area contributed by atoms with Gasteiger partial charge in [0.2, 0.25) is 0 Å². The Labute approximate surface area is 502 Å². The number of carbonyl (C=O) groups excluding carboxylic acids is 3. The lowest BCUT2D eigenvalue weighted by atomic mass is 10.0. The molecule has 0 aromatic rings. The number of carbonyl (C=O) groups is 3. The Kier molecular flexibility index (Phi) is 65.7. The molecule has 0 bridgehead atoms. The Morgan fingerprint density at radius 3 is 0.790 bits per heavy atom. The van der Waals surface area contributed by atoms with E-state index in [1.807, 2.05) is 0 Å². The molecule has 6 nitrogen and oxygen atoms in total. The van der Waals surface area contributed by atoms with Gasteiger partial charge in [0.15, 0.2) is 6.10 Å². The Morgan fingerprint density at radius 2 is 0.481 bits per heavy atom. The van der Waals surface area contributed by atoms with Crippen LogP contribution in [0.2, 0.25) is 0 Å². The van der Waals surface area contributed by atoms with E-state index < -0.39 is 6.10 Å². The van der Waals surface area contributed by atoms with E-state index in [2.05, 4.69) is 118 Å². The topological polar surface area (TPSA) is 78.9 Å². The summed E-state index contributed by atoms with van der Waals surface area (Å²) < 4.78 is 16.9. The van der Waals surface area contributed by atoms with Crippen LogP contribution in [-0.4, -0.2) is 37.2 Å². The zero-order valence-corrected chi connectivity index (χ0v) is 53.5. The molecule has 1 atom stereocenters. The van der Waals surface area contributed by atoms with E-state index in [0.29, 0.717) is 19.3 Å². The lowest BCUT2D eigenvalue weighted by Crippen LogP contribution is -2.30. The Hall–Kier alpha value is -3.67. The van der Waals surface area contributed by atoms with Gasteiger partial charge in [0.1, 0.15) is 13.2 Å². The van der Waals surface area contributed by atoms with E-state index in [1.165, 1.54) is 205 Å². The van der Waals surface area contributed by atoms with Crippen molar-refractivity contribution in [2.75, 3.05) is 13.2 Å². The SMILES string of the molecule is CC/C=C\C/C=C\C/C=C\C/C=C\CCCCC(=O)OCC(COC(=O)CCCCCCCCCCCC/C=C\C/C=C\C/C=C\CCCCCCC)OC(=O)CCCCCCCCCCCCC/C=C\CCCCCCCCCC. The van der Waals surface area contributed by atoms with Crippen LogP contribution in [0.3, 0.4) is 0 Å². The second kappa shape index (κ2) is 68.8. The van der Waals surface area contributed by atoms with E-state index in [-0.39, 0.29) is 31.1 Å². The van der Waals surface area contributed by atoms with E-state index >= 15 is 0 Å². The van der Waals surface area contributed by atoms with Gasteiger partial charge in [-0.1, -0.05) is 298 Å². The van der Waals surface area contributed by atoms with Crippen molar-refractivity contribution in [3.05, 3.63) is 97.2 Å². The molecule has 0 aliphatic carbocycles. The summed E-state index contributed by atoms with van der Waals surface area (Å²) in [5.41, 5.74) is 0. The first-order valence-corrected chi connectivity index (χ1v) is 34.7. The zero-order valence-electron chi connectivity index (χ0n) is 53.5. The second-order valence-corrected chi connectivity index (χ2v) is 23.1. The van der Waals surface area contributed by atoms with Gasteiger partial charge in [0.25, 0.3) is 0 Å². The molecule has 466 valence electrons. The molecule has 0 spiro atoms. The first kappa shape index (κ1) is 77.3. The highest BCUT2D eigenvalue weighted by Gasteiger charge is 2.19. The fourth-order valence-electron chi connectivity index (χ4n) is 9.85. The summed E-state index contributed by atoms with van der Waals surface area (Å²) in [4.78, 5) is 38.4. The number of rotatable bonds is 63. The van der Waals surface area contributed by atoms with Crippen molar-refractivity contribution in [1.82, 2.24) is 0 Å². The van der Waals surface area contributed by atoms with E-state index in [4.69, 9.17) is 14.2 Å². The molecule has 0 N–H and O–H groups in total. The summed E-state index contributed by atoms with van der Waals surface area (Å²) in [6.45, 7) is 6.51. The van der Waals surface area contributed by atoms with Gasteiger partial charge in [-0.15, -0.1) is 0 Å². The fraction of sp³-hybridized carbons (Fsp3) is 0.747. The maximum atomic E-state index is 13.0. The van der Waals surface area contributed by atoms with E-state index in [9.17, 15) is 14.4 Å². The average Bonchev–Trinajstić information content (AvgIpc) is 3.47.